The molecule has 0 aliphatic carbocycles. The normalized spacial score (nSPS) is 16.4. The Kier molecular flexibility index (Phi) is 5.59. The van der Waals surface area contributed by atoms with Crippen LogP contribution in [0.3, 0.4) is 0 Å². The van der Waals surface area contributed by atoms with Crippen molar-refractivity contribution in [2.24, 2.45) is 0 Å². The molecule has 1 saturated heterocycles. The highest BCUT2D eigenvalue weighted by Crippen LogP contribution is 2.35. The van der Waals surface area contributed by atoms with Gasteiger partial charge >= 0.3 is 5.97 Å². The molecule has 0 saturated carbocycles. The summed E-state index contributed by atoms with van der Waals surface area (Å²) >= 11 is 1.28. The number of aromatic amines is 1. The quantitative estimate of drug-likeness (QED) is 0.404. The number of anilines is 2. The number of carbonyl (C=O) groups is 4. The van der Waals surface area contributed by atoms with Crippen LogP contribution in [0.5, 0.6) is 0 Å². The fourth-order valence-electron chi connectivity index (χ4n) is 3.25. The molecule has 1 unspecified atom stereocenters. The van der Waals surface area contributed by atoms with Crippen LogP contribution < -0.4 is 10.2 Å². The van der Waals surface area contributed by atoms with Crippen molar-refractivity contribution in [3.63, 3.8) is 0 Å². The average molecular weight is 435 g/mol. The first kappa shape index (κ1) is 20.4. The number of amides is 3. The predicted molar refractivity (Wildman–Crippen MR) is 117 cm³/mol. The summed E-state index contributed by atoms with van der Waals surface area (Å²) in [5, 5.41) is 11.6. The van der Waals surface area contributed by atoms with E-state index in [-0.39, 0.29) is 18.2 Å². The molecule has 8 nitrogen and oxygen atoms in total. The number of carbonyl (C=O) groups excluding carboxylic acids is 3. The number of thioether (sulfide) groups is 1. The van der Waals surface area contributed by atoms with Crippen molar-refractivity contribution in [3.05, 3.63) is 66.9 Å². The number of aromatic nitrogens is 1. The summed E-state index contributed by atoms with van der Waals surface area (Å²) in [6.45, 7) is 0. The number of rotatable bonds is 6. The lowest BCUT2D eigenvalue weighted by atomic mass is 10.2. The van der Waals surface area contributed by atoms with Gasteiger partial charge < -0.3 is 15.4 Å². The molecule has 2 aromatic carbocycles. The second-order valence-corrected chi connectivity index (χ2v) is 8.09. The Bertz CT molecular complexity index is 1220. The van der Waals surface area contributed by atoms with Gasteiger partial charge in [-0.05, 0) is 47.9 Å². The first-order chi connectivity index (χ1) is 14.9. The Balaban J connectivity index is 1.42. The Hall–Kier alpha value is -3.85. The molecule has 1 fully saturated rings. The zero-order valence-corrected chi connectivity index (χ0v) is 16.9. The predicted octanol–water partition coefficient (Wildman–Crippen LogP) is 3.17. The highest BCUT2D eigenvalue weighted by atomic mass is 32.2. The molecule has 3 aromatic rings. The molecule has 9 heteroatoms. The van der Waals surface area contributed by atoms with Gasteiger partial charge in [-0.25, -0.2) is 9.69 Å². The van der Waals surface area contributed by atoms with Crippen LogP contribution >= 0.6 is 11.8 Å². The van der Waals surface area contributed by atoms with E-state index in [0.717, 1.165) is 28.0 Å². The van der Waals surface area contributed by atoms with Crippen molar-refractivity contribution in [1.29, 1.82) is 0 Å². The third-order valence-corrected chi connectivity index (χ3v) is 5.88. The van der Waals surface area contributed by atoms with Crippen LogP contribution in [0, 0.1) is 0 Å². The number of hydrogen-bond donors (Lipinski definition) is 3. The molecular weight excluding hydrogens is 418 g/mol. The maximum atomic E-state index is 12.9. The second-order valence-electron chi connectivity index (χ2n) is 6.81. The number of carboxylic acids is 1. The molecule has 0 radical (unpaired) electrons. The molecule has 1 aliphatic heterocycles. The molecular formula is C22H17N3O5S. The Morgan fingerprint density at radius 3 is 2.61 bits per heavy atom. The van der Waals surface area contributed by atoms with Gasteiger partial charge in [0.15, 0.2) is 0 Å². The summed E-state index contributed by atoms with van der Waals surface area (Å²) in [4.78, 5) is 52.6. The fraction of sp³-hybridized carbons (Fsp3) is 0.0909. The number of hydrogen-bond acceptors (Lipinski definition) is 5. The summed E-state index contributed by atoms with van der Waals surface area (Å²) in [7, 11) is 0. The van der Waals surface area contributed by atoms with E-state index in [1.165, 1.54) is 16.7 Å². The number of aliphatic carboxylic acids is 1. The minimum absolute atomic E-state index is 0.102. The minimum Gasteiger partial charge on any atom is -0.478 e. The first-order valence-corrected chi connectivity index (χ1v) is 10.2. The molecule has 1 atom stereocenters. The van der Waals surface area contributed by atoms with Gasteiger partial charge in [-0.1, -0.05) is 6.07 Å². The van der Waals surface area contributed by atoms with Crippen molar-refractivity contribution < 1.29 is 24.3 Å². The lowest BCUT2D eigenvalue weighted by Gasteiger charge is -2.15. The maximum Gasteiger partial charge on any atom is 0.328 e. The Labute approximate surface area is 180 Å². The molecule has 3 amide bonds. The van der Waals surface area contributed by atoms with Crippen LogP contribution in [0.1, 0.15) is 6.42 Å². The molecule has 31 heavy (non-hydrogen) atoms. The van der Waals surface area contributed by atoms with Crippen molar-refractivity contribution in [3.8, 4) is 0 Å². The number of nitrogens with one attached hydrogen (secondary N) is 2. The SMILES string of the molecule is O=C(O)/C=C/C(=O)Nc1ccc(SC2CC(=O)N(c3ccc4cc[nH]c4c3)C2=O)cc1. The van der Waals surface area contributed by atoms with Crippen LogP contribution in [0.25, 0.3) is 10.9 Å². The van der Waals surface area contributed by atoms with Gasteiger partial charge in [-0.15, -0.1) is 11.8 Å². The van der Waals surface area contributed by atoms with Gasteiger partial charge in [0.2, 0.25) is 17.7 Å². The summed E-state index contributed by atoms with van der Waals surface area (Å²) < 4.78 is 0. The third kappa shape index (κ3) is 4.51. The number of fused-ring (bicyclic) bond motifs is 1. The topological polar surface area (TPSA) is 120 Å². The summed E-state index contributed by atoms with van der Waals surface area (Å²) in [6, 6.07) is 14.1. The van der Waals surface area contributed by atoms with Crippen LogP contribution in [-0.2, 0) is 19.2 Å². The lowest BCUT2D eigenvalue weighted by molar-refractivity contribution is -0.131. The molecule has 0 bridgehead atoms. The van der Waals surface area contributed by atoms with E-state index in [1.807, 2.05) is 12.1 Å². The fourth-order valence-corrected chi connectivity index (χ4v) is 4.31. The van der Waals surface area contributed by atoms with Crippen molar-refractivity contribution in [1.82, 2.24) is 4.98 Å². The van der Waals surface area contributed by atoms with Crippen molar-refractivity contribution >= 4 is 57.7 Å². The van der Waals surface area contributed by atoms with Crippen molar-refractivity contribution in [2.45, 2.75) is 16.6 Å². The number of carboxylic acid groups (broad SMARTS) is 1. The zero-order valence-electron chi connectivity index (χ0n) is 16.1. The van der Waals surface area contributed by atoms with Gasteiger partial charge in [0.05, 0.1) is 10.9 Å². The van der Waals surface area contributed by atoms with Crippen LogP contribution in [0.15, 0.2) is 71.8 Å². The maximum absolute atomic E-state index is 12.9. The molecule has 1 aliphatic rings. The highest BCUT2D eigenvalue weighted by molar-refractivity contribution is 8.00. The molecule has 0 spiro atoms. The first-order valence-electron chi connectivity index (χ1n) is 9.33. The molecule has 156 valence electrons. The summed E-state index contributed by atoms with van der Waals surface area (Å²) in [6.07, 6.45) is 3.58. The summed E-state index contributed by atoms with van der Waals surface area (Å²) in [5.74, 6) is -2.28. The van der Waals surface area contributed by atoms with Gasteiger partial charge in [-0.3, -0.25) is 14.4 Å². The van der Waals surface area contributed by atoms with E-state index in [2.05, 4.69) is 10.3 Å². The molecule has 2 heterocycles. The second kappa shape index (κ2) is 8.49. The van der Waals surface area contributed by atoms with Gasteiger partial charge in [0, 0.05) is 40.9 Å². The third-order valence-electron chi connectivity index (χ3n) is 4.68. The monoisotopic (exact) mass is 435 g/mol. The summed E-state index contributed by atoms with van der Waals surface area (Å²) in [5.41, 5.74) is 1.88. The van der Waals surface area contributed by atoms with Gasteiger partial charge in [-0.2, -0.15) is 0 Å². The van der Waals surface area contributed by atoms with Crippen LogP contribution in [-0.4, -0.2) is 39.0 Å². The zero-order chi connectivity index (χ0) is 22.0. The van der Waals surface area contributed by atoms with Crippen molar-refractivity contribution in [2.75, 3.05) is 10.2 Å². The lowest BCUT2D eigenvalue weighted by Crippen LogP contribution is -2.31. The van der Waals surface area contributed by atoms with Gasteiger partial charge in [0.1, 0.15) is 0 Å². The number of imide groups is 1. The smallest absolute Gasteiger partial charge is 0.328 e. The van der Waals surface area contributed by atoms with E-state index >= 15 is 0 Å². The van der Waals surface area contributed by atoms with Crippen LogP contribution in [0.4, 0.5) is 11.4 Å². The number of H-pyrrole nitrogens is 1. The highest BCUT2D eigenvalue weighted by Gasteiger charge is 2.40. The van der Waals surface area contributed by atoms with E-state index in [1.54, 1.807) is 42.6 Å². The van der Waals surface area contributed by atoms with E-state index in [0.29, 0.717) is 11.4 Å². The molecule has 4 rings (SSSR count). The van der Waals surface area contributed by atoms with E-state index < -0.39 is 17.1 Å². The molecule has 3 N–H and O–H groups in total. The Morgan fingerprint density at radius 2 is 1.87 bits per heavy atom. The molecule has 1 aromatic heterocycles. The van der Waals surface area contributed by atoms with E-state index in [9.17, 15) is 19.2 Å². The largest absolute Gasteiger partial charge is 0.478 e. The average Bonchev–Trinajstić information content (AvgIpc) is 3.31. The van der Waals surface area contributed by atoms with E-state index in [4.69, 9.17) is 5.11 Å². The van der Waals surface area contributed by atoms with Crippen LogP contribution in [0.2, 0.25) is 0 Å². The number of benzene rings is 2. The number of nitrogens with zero attached hydrogens (tertiary/aromatic N) is 1. The minimum atomic E-state index is -1.21. The standard InChI is InChI=1S/C22H17N3O5S/c26-19(7-8-21(28)29)24-14-2-5-16(6-3-14)31-18-12-20(27)25(22(18)30)15-4-1-13-9-10-23-17(13)11-15/h1-11,18,23H,12H2,(H,24,26)(H,28,29)/b8-7+. The Morgan fingerprint density at radius 1 is 1.10 bits per heavy atom. The van der Waals surface area contributed by atoms with Gasteiger partial charge in [0.25, 0.3) is 0 Å².